The van der Waals surface area contributed by atoms with E-state index in [0.29, 0.717) is 6.42 Å². The fourth-order valence-corrected chi connectivity index (χ4v) is 3.87. The van der Waals surface area contributed by atoms with Gasteiger partial charge in [0, 0.05) is 6.42 Å². The van der Waals surface area contributed by atoms with Gasteiger partial charge in [0.1, 0.15) is 12.6 Å². The molecule has 0 aliphatic heterocycles. The summed E-state index contributed by atoms with van der Waals surface area (Å²) in [6.07, 6.45) is 18.8. The minimum absolute atomic E-state index is 0.00375. The SMILES string of the molecule is CCCCCCCC/C=C\CCCCCCCC(=O)OCC(F)(F)COP(=O)(O)OC[C@H](N)C(=O)O. The summed E-state index contributed by atoms with van der Waals surface area (Å²) in [6.45, 7) is -1.55. The average Bonchev–Trinajstić information content (AvgIpc) is 2.82. The second kappa shape index (κ2) is 20.6. The van der Waals surface area contributed by atoms with Crippen molar-refractivity contribution in [2.75, 3.05) is 19.8 Å². The van der Waals surface area contributed by atoms with Crippen molar-refractivity contribution in [3.8, 4) is 0 Å². The van der Waals surface area contributed by atoms with Gasteiger partial charge in [-0.1, -0.05) is 70.4 Å². The molecular formula is C24H44F2NO8P. The number of carboxylic acids is 1. The van der Waals surface area contributed by atoms with E-state index >= 15 is 0 Å². The third kappa shape index (κ3) is 21.9. The van der Waals surface area contributed by atoms with Crippen LogP contribution in [0.1, 0.15) is 96.8 Å². The van der Waals surface area contributed by atoms with Crippen LogP contribution < -0.4 is 5.73 Å². The lowest BCUT2D eigenvalue weighted by molar-refractivity contribution is -0.159. The lowest BCUT2D eigenvalue weighted by Crippen LogP contribution is -2.35. The van der Waals surface area contributed by atoms with Crippen LogP contribution in [0.15, 0.2) is 12.2 Å². The van der Waals surface area contributed by atoms with Crippen molar-refractivity contribution < 1.29 is 46.7 Å². The number of phosphoric ester groups is 1. The molecule has 1 unspecified atom stereocenters. The number of aliphatic carboxylic acids is 1. The minimum atomic E-state index is -4.94. The molecule has 0 saturated heterocycles. The molecule has 0 radical (unpaired) electrons. The maximum Gasteiger partial charge on any atom is 0.472 e. The van der Waals surface area contributed by atoms with Crippen LogP contribution in [0.25, 0.3) is 0 Å². The van der Waals surface area contributed by atoms with E-state index in [-0.39, 0.29) is 6.42 Å². The van der Waals surface area contributed by atoms with Crippen LogP contribution in [0.2, 0.25) is 0 Å². The molecule has 0 amide bonds. The molecular weight excluding hydrogens is 499 g/mol. The van der Waals surface area contributed by atoms with Gasteiger partial charge in [0.05, 0.1) is 6.61 Å². The van der Waals surface area contributed by atoms with Crippen LogP contribution in [-0.4, -0.2) is 53.7 Å². The number of unbranched alkanes of at least 4 members (excludes halogenated alkanes) is 11. The van der Waals surface area contributed by atoms with Crippen LogP contribution >= 0.6 is 7.82 Å². The monoisotopic (exact) mass is 543 g/mol. The number of carbonyl (C=O) groups is 2. The van der Waals surface area contributed by atoms with Gasteiger partial charge in [0.15, 0.2) is 6.61 Å². The summed E-state index contributed by atoms with van der Waals surface area (Å²) in [5.41, 5.74) is 5.08. The lowest BCUT2D eigenvalue weighted by atomic mass is 10.1. The first-order valence-corrected chi connectivity index (χ1v) is 14.3. The van der Waals surface area contributed by atoms with E-state index in [1.165, 1.54) is 38.5 Å². The Bertz CT molecular complexity index is 679. The zero-order valence-corrected chi connectivity index (χ0v) is 22.3. The quantitative estimate of drug-likeness (QED) is 0.0599. The highest BCUT2D eigenvalue weighted by Gasteiger charge is 2.36. The van der Waals surface area contributed by atoms with Crippen molar-refractivity contribution in [3.05, 3.63) is 12.2 Å². The van der Waals surface area contributed by atoms with Crippen molar-refractivity contribution in [2.24, 2.45) is 5.73 Å². The Morgan fingerprint density at radius 3 is 2.00 bits per heavy atom. The molecule has 36 heavy (non-hydrogen) atoms. The Labute approximate surface area is 213 Å². The van der Waals surface area contributed by atoms with E-state index in [0.717, 1.165) is 38.5 Å². The van der Waals surface area contributed by atoms with Gasteiger partial charge in [-0.15, -0.1) is 0 Å². The first-order valence-electron chi connectivity index (χ1n) is 12.8. The van der Waals surface area contributed by atoms with Gasteiger partial charge in [-0.2, -0.15) is 0 Å². The number of nitrogens with two attached hydrogens (primary N) is 1. The molecule has 0 heterocycles. The molecule has 0 saturated carbocycles. The van der Waals surface area contributed by atoms with Crippen LogP contribution in [-0.2, 0) is 27.9 Å². The number of carboxylic acid groups (broad SMARTS) is 1. The number of carbonyl (C=O) groups excluding carboxylic acids is 1. The molecule has 212 valence electrons. The van der Waals surface area contributed by atoms with Gasteiger partial charge in [-0.05, 0) is 32.1 Å². The maximum absolute atomic E-state index is 13.7. The van der Waals surface area contributed by atoms with E-state index < -0.39 is 51.5 Å². The number of halogens is 2. The Hall–Kier alpha value is -1.39. The number of ether oxygens (including phenoxy) is 1. The molecule has 0 aliphatic carbocycles. The molecule has 4 N–H and O–H groups in total. The lowest BCUT2D eigenvalue weighted by Gasteiger charge is -2.19. The van der Waals surface area contributed by atoms with Gasteiger partial charge < -0.3 is 20.5 Å². The van der Waals surface area contributed by atoms with Gasteiger partial charge in [-0.3, -0.25) is 18.6 Å². The molecule has 12 heteroatoms. The maximum atomic E-state index is 13.7. The first kappa shape index (κ1) is 34.6. The van der Waals surface area contributed by atoms with Crippen molar-refractivity contribution >= 4 is 19.8 Å². The molecule has 9 nitrogen and oxygen atoms in total. The number of allylic oxidation sites excluding steroid dienone is 2. The van der Waals surface area contributed by atoms with E-state index in [1.807, 2.05) is 0 Å². The zero-order valence-electron chi connectivity index (χ0n) is 21.4. The highest BCUT2D eigenvalue weighted by molar-refractivity contribution is 7.47. The minimum Gasteiger partial charge on any atom is -0.480 e. The Balaban J connectivity index is 3.76. The number of hydrogen-bond donors (Lipinski definition) is 3. The Kier molecular flexibility index (Phi) is 19.8. The highest BCUT2D eigenvalue weighted by atomic mass is 31.2. The third-order valence-corrected chi connectivity index (χ3v) is 6.19. The summed E-state index contributed by atoms with van der Waals surface area (Å²) >= 11 is 0. The van der Waals surface area contributed by atoms with Crippen LogP contribution in [0.4, 0.5) is 8.78 Å². The molecule has 2 atom stereocenters. The third-order valence-electron chi connectivity index (χ3n) is 5.26. The number of rotatable bonds is 24. The molecule has 0 rings (SSSR count). The fourth-order valence-electron chi connectivity index (χ4n) is 3.10. The smallest absolute Gasteiger partial charge is 0.472 e. The van der Waals surface area contributed by atoms with Gasteiger partial charge in [-0.25, -0.2) is 13.3 Å². The van der Waals surface area contributed by atoms with Gasteiger partial charge in [0.2, 0.25) is 0 Å². The predicted octanol–water partition coefficient (Wildman–Crippen LogP) is 5.75. The molecule has 0 aromatic rings. The van der Waals surface area contributed by atoms with Crippen molar-refractivity contribution in [1.29, 1.82) is 0 Å². The van der Waals surface area contributed by atoms with E-state index in [4.69, 9.17) is 10.8 Å². The van der Waals surface area contributed by atoms with Crippen LogP contribution in [0, 0.1) is 0 Å². The number of phosphoric acid groups is 1. The number of alkyl halides is 2. The predicted molar refractivity (Wildman–Crippen MR) is 133 cm³/mol. The summed E-state index contributed by atoms with van der Waals surface area (Å²) < 4.78 is 51.9. The van der Waals surface area contributed by atoms with E-state index in [2.05, 4.69) is 32.9 Å². The summed E-state index contributed by atoms with van der Waals surface area (Å²) in [5.74, 6) is -6.02. The summed E-state index contributed by atoms with van der Waals surface area (Å²) in [5, 5.41) is 8.55. The molecule has 0 aromatic carbocycles. The first-order chi connectivity index (χ1) is 17.0. The van der Waals surface area contributed by atoms with Crippen LogP contribution in [0.5, 0.6) is 0 Å². The standard InChI is InChI=1S/C24H44F2NO8P/c1-2-3-4-5-6-7-8-9-10-11-12-13-14-15-16-17-22(28)33-19-24(25,26)20-35-36(31,32)34-18-21(27)23(29)30/h9-10,21H,2-8,11-20,27H2,1H3,(H,29,30)(H,31,32)/b10-9-/t21-/m0/s1. The molecule has 0 aromatic heterocycles. The molecule has 0 fully saturated rings. The van der Waals surface area contributed by atoms with Crippen molar-refractivity contribution in [2.45, 2.75) is 109 Å². The second-order valence-corrected chi connectivity index (χ2v) is 10.3. The van der Waals surface area contributed by atoms with Crippen LogP contribution in [0.3, 0.4) is 0 Å². The highest BCUT2D eigenvalue weighted by Crippen LogP contribution is 2.44. The summed E-state index contributed by atoms with van der Waals surface area (Å²) in [7, 11) is -4.94. The van der Waals surface area contributed by atoms with E-state index in [9.17, 15) is 27.8 Å². The topological polar surface area (TPSA) is 145 Å². The number of hydrogen-bond acceptors (Lipinski definition) is 7. The van der Waals surface area contributed by atoms with E-state index in [1.54, 1.807) is 0 Å². The normalized spacial score (nSPS) is 14.6. The Morgan fingerprint density at radius 2 is 1.44 bits per heavy atom. The zero-order chi connectivity index (χ0) is 27.3. The van der Waals surface area contributed by atoms with Crippen molar-refractivity contribution in [1.82, 2.24) is 0 Å². The van der Waals surface area contributed by atoms with Gasteiger partial charge >= 0.3 is 25.7 Å². The Morgan fingerprint density at radius 1 is 0.917 bits per heavy atom. The summed E-state index contributed by atoms with van der Waals surface area (Å²) in [6, 6.07) is -1.62. The summed E-state index contributed by atoms with van der Waals surface area (Å²) in [4.78, 5) is 31.5. The number of esters is 1. The molecule has 0 aliphatic rings. The second-order valence-electron chi connectivity index (χ2n) is 8.83. The molecule has 0 bridgehead atoms. The molecule has 0 spiro atoms. The average molecular weight is 544 g/mol. The van der Waals surface area contributed by atoms with Gasteiger partial charge in [0.25, 0.3) is 0 Å². The fraction of sp³-hybridized carbons (Fsp3) is 0.833. The largest absolute Gasteiger partial charge is 0.480 e. The van der Waals surface area contributed by atoms with Crippen molar-refractivity contribution in [3.63, 3.8) is 0 Å².